The first-order valence-corrected chi connectivity index (χ1v) is 9.47. The van der Waals surface area contributed by atoms with Crippen molar-refractivity contribution in [2.45, 2.75) is 18.9 Å². The van der Waals surface area contributed by atoms with Crippen molar-refractivity contribution in [3.05, 3.63) is 72.6 Å². The molecule has 8 heteroatoms. The van der Waals surface area contributed by atoms with Crippen molar-refractivity contribution >= 4 is 23.2 Å². The van der Waals surface area contributed by atoms with Crippen LogP contribution in [0.25, 0.3) is 0 Å². The third-order valence-electron chi connectivity index (χ3n) is 4.81. The third-order valence-corrected chi connectivity index (χ3v) is 4.81. The summed E-state index contributed by atoms with van der Waals surface area (Å²) >= 11 is 0. The monoisotopic (exact) mass is 392 g/mol. The number of amides is 1. The highest BCUT2D eigenvalue weighted by Crippen LogP contribution is 2.31. The van der Waals surface area contributed by atoms with Crippen LogP contribution in [-0.2, 0) is 4.79 Å². The summed E-state index contributed by atoms with van der Waals surface area (Å²) in [5.74, 6) is -0.165. The molecule has 29 heavy (non-hydrogen) atoms. The fraction of sp³-hybridized carbons (Fsp3) is 0.238. The van der Waals surface area contributed by atoms with Crippen molar-refractivity contribution in [1.82, 2.24) is 19.9 Å². The molecule has 2 aromatic heterocycles. The molecule has 1 fully saturated rings. The Balaban J connectivity index is 1.39. The molecule has 1 amide bonds. The molecule has 3 heterocycles. The Morgan fingerprint density at radius 3 is 2.69 bits per heavy atom. The van der Waals surface area contributed by atoms with Gasteiger partial charge in [0.2, 0.25) is 11.9 Å². The molecular weight excluding hydrogens is 371 g/mol. The van der Waals surface area contributed by atoms with E-state index in [2.05, 4.69) is 30.5 Å². The smallest absolute Gasteiger partial charge is 0.238 e. The van der Waals surface area contributed by atoms with Gasteiger partial charge in [-0.1, -0.05) is 12.1 Å². The van der Waals surface area contributed by atoms with Gasteiger partial charge in [-0.05, 0) is 49.7 Å². The van der Waals surface area contributed by atoms with Crippen LogP contribution in [0.2, 0.25) is 0 Å². The number of nitrogens with zero attached hydrogens (tertiary/aromatic N) is 4. The van der Waals surface area contributed by atoms with Gasteiger partial charge in [0.25, 0.3) is 0 Å². The van der Waals surface area contributed by atoms with E-state index in [0.29, 0.717) is 5.95 Å². The lowest BCUT2D eigenvalue weighted by atomic mass is 10.1. The lowest BCUT2D eigenvalue weighted by Gasteiger charge is -2.23. The molecule has 3 aromatic rings. The van der Waals surface area contributed by atoms with Crippen LogP contribution < -0.4 is 10.6 Å². The van der Waals surface area contributed by atoms with Gasteiger partial charge >= 0.3 is 0 Å². The molecule has 0 saturated carbocycles. The number of likely N-dealkylation sites (tertiary alicyclic amines) is 1. The van der Waals surface area contributed by atoms with E-state index in [1.54, 1.807) is 42.9 Å². The topological polar surface area (TPSA) is 83.0 Å². The van der Waals surface area contributed by atoms with Crippen LogP contribution in [0.15, 0.2) is 61.1 Å². The van der Waals surface area contributed by atoms with Crippen molar-refractivity contribution in [3.63, 3.8) is 0 Å². The molecule has 0 radical (unpaired) electrons. The number of carbonyl (C=O) groups excluding carboxylic acids is 1. The maximum absolute atomic E-state index is 13.7. The van der Waals surface area contributed by atoms with E-state index in [9.17, 15) is 9.18 Å². The van der Waals surface area contributed by atoms with E-state index in [1.165, 1.54) is 6.07 Å². The van der Waals surface area contributed by atoms with E-state index in [-0.39, 0.29) is 24.2 Å². The molecule has 148 valence electrons. The number of carbonyl (C=O) groups is 1. The van der Waals surface area contributed by atoms with Gasteiger partial charge < -0.3 is 10.6 Å². The van der Waals surface area contributed by atoms with E-state index >= 15 is 0 Å². The normalized spacial score (nSPS) is 16.5. The number of hydrogen-bond donors (Lipinski definition) is 2. The molecule has 0 spiro atoms. The highest BCUT2D eigenvalue weighted by atomic mass is 19.1. The van der Waals surface area contributed by atoms with Crippen LogP contribution in [0.3, 0.4) is 0 Å². The summed E-state index contributed by atoms with van der Waals surface area (Å²) in [7, 11) is 0. The predicted octanol–water partition coefficient (Wildman–Crippen LogP) is 3.53. The zero-order valence-electron chi connectivity index (χ0n) is 15.8. The van der Waals surface area contributed by atoms with Crippen LogP contribution in [0.4, 0.5) is 21.7 Å². The molecule has 1 atom stereocenters. The fourth-order valence-corrected chi connectivity index (χ4v) is 3.46. The Bertz CT molecular complexity index is 966. The number of para-hydroxylation sites is 1. The molecule has 2 N–H and O–H groups in total. The summed E-state index contributed by atoms with van der Waals surface area (Å²) < 4.78 is 13.7. The number of aromatic nitrogens is 3. The van der Waals surface area contributed by atoms with Gasteiger partial charge in [0.05, 0.1) is 35.9 Å². The number of pyridine rings is 1. The summed E-state index contributed by atoms with van der Waals surface area (Å²) in [6, 6.07) is 11.9. The highest BCUT2D eigenvalue weighted by Gasteiger charge is 2.28. The van der Waals surface area contributed by atoms with E-state index in [0.717, 1.165) is 30.8 Å². The number of rotatable bonds is 6. The summed E-state index contributed by atoms with van der Waals surface area (Å²) in [4.78, 5) is 27.3. The first-order chi connectivity index (χ1) is 14.2. The average molecular weight is 392 g/mol. The third kappa shape index (κ3) is 4.72. The van der Waals surface area contributed by atoms with Gasteiger partial charge in [-0.2, -0.15) is 0 Å². The van der Waals surface area contributed by atoms with Crippen molar-refractivity contribution < 1.29 is 9.18 Å². The van der Waals surface area contributed by atoms with E-state index < -0.39 is 5.82 Å². The molecule has 1 aromatic carbocycles. The van der Waals surface area contributed by atoms with Gasteiger partial charge in [-0.25, -0.2) is 14.4 Å². The Hall–Kier alpha value is -3.39. The number of hydrogen-bond acceptors (Lipinski definition) is 6. The predicted molar refractivity (Wildman–Crippen MR) is 108 cm³/mol. The van der Waals surface area contributed by atoms with Crippen LogP contribution >= 0.6 is 0 Å². The van der Waals surface area contributed by atoms with Crippen LogP contribution in [0.1, 0.15) is 24.6 Å². The Morgan fingerprint density at radius 1 is 1.10 bits per heavy atom. The van der Waals surface area contributed by atoms with Crippen molar-refractivity contribution in [2.75, 3.05) is 23.7 Å². The van der Waals surface area contributed by atoms with Gasteiger partial charge in [0.1, 0.15) is 5.82 Å². The Labute approximate surface area is 168 Å². The number of nitrogens with one attached hydrogen (secondary N) is 2. The summed E-state index contributed by atoms with van der Waals surface area (Å²) in [5, 5.41) is 5.75. The second-order valence-corrected chi connectivity index (χ2v) is 6.83. The Kier molecular flexibility index (Phi) is 5.71. The molecule has 1 unspecified atom stereocenters. The largest absolute Gasteiger partial charge is 0.323 e. The van der Waals surface area contributed by atoms with E-state index in [4.69, 9.17) is 0 Å². The van der Waals surface area contributed by atoms with Gasteiger partial charge in [0, 0.05) is 12.4 Å². The maximum Gasteiger partial charge on any atom is 0.238 e. The zero-order valence-corrected chi connectivity index (χ0v) is 15.8. The lowest BCUT2D eigenvalue weighted by Crippen LogP contribution is -2.33. The highest BCUT2D eigenvalue weighted by molar-refractivity contribution is 5.92. The van der Waals surface area contributed by atoms with Crippen LogP contribution in [-0.4, -0.2) is 38.8 Å². The average Bonchev–Trinajstić information content (AvgIpc) is 3.19. The molecule has 1 aliphatic heterocycles. The van der Waals surface area contributed by atoms with Crippen LogP contribution in [0.5, 0.6) is 0 Å². The minimum absolute atomic E-state index is 0.0587. The fourth-order valence-electron chi connectivity index (χ4n) is 3.46. The van der Waals surface area contributed by atoms with Crippen molar-refractivity contribution in [3.8, 4) is 0 Å². The Morgan fingerprint density at radius 2 is 1.93 bits per heavy atom. The quantitative estimate of drug-likeness (QED) is 0.668. The van der Waals surface area contributed by atoms with Crippen molar-refractivity contribution in [1.29, 1.82) is 0 Å². The van der Waals surface area contributed by atoms with E-state index in [1.807, 2.05) is 12.1 Å². The maximum atomic E-state index is 13.7. The second kappa shape index (κ2) is 8.74. The number of benzene rings is 1. The number of anilines is 3. The van der Waals surface area contributed by atoms with Gasteiger partial charge in [0.15, 0.2) is 0 Å². The molecule has 0 bridgehead atoms. The summed E-state index contributed by atoms with van der Waals surface area (Å²) in [5.41, 5.74) is 1.90. The molecule has 4 rings (SSSR count). The molecule has 0 aliphatic carbocycles. The van der Waals surface area contributed by atoms with Gasteiger partial charge in [-0.15, -0.1) is 0 Å². The standard InChI is InChI=1S/C21H21FN6O/c22-16-5-1-2-6-17(16)27-20(29)14-28-12-3-7-19(28)18-9-8-15(13-25-18)26-21-23-10-4-11-24-21/h1-2,4-6,8-11,13,19H,3,7,12,14H2,(H,27,29)(H,23,24,26). The lowest BCUT2D eigenvalue weighted by molar-refractivity contribution is -0.117. The SMILES string of the molecule is O=C(CN1CCCC1c1ccc(Nc2ncccn2)cn1)Nc1ccccc1F. The zero-order chi connectivity index (χ0) is 20.1. The molecule has 1 saturated heterocycles. The summed E-state index contributed by atoms with van der Waals surface area (Å²) in [6.45, 7) is 0.993. The first-order valence-electron chi connectivity index (χ1n) is 9.47. The minimum atomic E-state index is -0.439. The van der Waals surface area contributed by atoms with Gasteiger partial charge in [-0.3, -0.25) is 14.7 Å². The number of halogens is 1. The second-order valence-electron chi connectivity index (χ2n) is 6.83. The molecular formula is C21H21FN6O. The molecule has 7 nitrogen and oxygen atoms in total. The van der Waals surface area contributed by atoms with Crippen LogP contribution in [0, 0.1) is 5.82 Å². The van der Waals surface area contributed by atoms with Crippen molar-refractivity contribution in [2.24, 2.45) is 0 Å². The first kappa shape index (κ1) is 18.9. The summed E-state index contributed by atoms with van der Waals surface area (Å²) in [6.07, 6.45) is 6.98. The minimum Gasteiger partial charge on any atom is -0.323 e. The molecule has 1 aliphatic rings.